The highest BCUT2D eigenvalue weighted by Gasteiger charge is 2.26. The molecule has 0 aliphatic heterocycles. The number of hydrogen-bond donors (Lipinski definition) is 2. The first kappa shape index (κ1) is 21.4. The van der Waals surface area contributed by atoms with Crippen molar-refractivity contribution in [2.75, 3.05) is 6.61 Å². The number of amides is 2. The Labute approximate surface area is 194 Å². The number of fused-ring (bicyclic) bond motifs is 2. The van der Waals surface area contributed by atoms with Crippen molar-refractivity contribution < 1.29 is 23.5 Å². The summed E-state index contributed by atoms with van der Waals surface area (Å²) in [6.07, 6.45) is 7.42. The van der Waals surface area contributed by atoms with Crippen molar-refractivity contribution in [1.82, 2.24) is 15.3 Å². The summed E-state index contributed by atoms with van der Waals surface area (Å²) in [5, 5.41) is 2.86. The molecule has 34 heavy (non-hydrogen) atoms. The molecule has 5 rings (SSSR count). The lowest BCUT2D eigenvalue weighted by Gasteiger charge is -2.22. The number of furan rings is 1. The molecule has 0 spiro atoms. The zero-order valence-corrected chi connectivity index (χ0v) is 18.2. The van der Waals surface area contributed by atoms with Crippen LogP contribution >= 0.6 is 0 Å². The number of nitrogens with one attached hydrogen (secondary N) is 2. The molecule has 3 heterocycles. The van der Waals surface area contributed by atoms with Crippen molar-refractivity contribution in [3.63, 3.8) is 0 Å². The van der Waals surface area contributed by atoms with Gasteiger partial charge >= 0.3 is 5.97 Å². The van der Waals surface area contributed by atoms with Crippen molar-refractivity contribution in [1.29, 1.82) is 0 Å². The smallest absolute Gasteiger partial charge is 0.339 e. The maximum Gasteiger partial charge on any atom is 0.339 e. The average molecular weight is 455 g/mol. The molecule has 8 heteroatoms. The van der Waals surface area contributed by atoms with E-state index in [-0.39, 0.29) is 5.69 Å². The van der Waals surface area contributed by atoms with E-state index in [1.807, 2.05) is 42.5 Å². The first-order chi connectivity index (χ1) is 16.6. The number of nitrogens with zero attached hydrogens (tertiary/aromatic N) is 1. The maximum absolute atomic E-state index is 13.2. The Hall–Kier alpha value is -4.46. The molecular weight excluding hydrogens is 434 g/mol. The number of pyridine rings is 1. The monoisotopic (exact) mass is 455 g/mol. The standard InChI is InChI=1S/C26H21N3O5/c30-22(29-25(31)21-11-4-12-27-21)15-34-26(32)23-18-8-1-2-10-20(18)28-24-16(6-3-9-19(23)24)14-17-7-5-13-33-17/h1-2,4-5,7-8,10-14,27H,3,6,9,15H2,(H,29,30,31). The minimum absolute atomic E-state index is 0.241. The Bertz CT molecular complexity index is 1400. The van der Waals surface area contributed by atoms with E-state index < -0.39 is 24.4 Å². The number of esters is 1. The summed E-state index contributed by atoms with van der Waals surface area (Å²) in [5.74, 6) is -1.22. The van der Waals surface area contributed by atoms with Crippen LogP contribution in [-0.2, 0) is 16.0 Å². The number of H-pyrrole nitrogens is 1. The second-order valence-electron chi connectivity index (χ2n) is 7.91. The minimum Gasteiger partial charge on any atom is -0.465 e. The Morgan fingerprint density at radius 2 is 1.97 bits per heavy atom. The van der Waals surface area contributed by atoms with Gasteiger partial charge in [-0.15, -0.1) is 0 Å². The summed E-state index contributed by atoms with van der Waals surface area (Å²) in [6, 6.07) is 14.2. The molecule has 0 fully saturated rings. The van der Waals surface area contributed by atoms with Gasteiger partial charge in [0.25, 0.3) is 11.8 Å². The number of hydrogen-bond acceptors (Lipinski definition) is 6. The highest BCUT2D eigenvalue weighted by Crippen LogP contribution is 2.36. The molecule has 1 aliphatic carbocycles. The molecule has 4 aromatic rings. The van der Waals surface area contributed by atoms with E-state index in [0.29, 0.717) is 28.6 Å². The second kappa shape index (κ2) is 9.19. The molecule has 0 radical (unpaired) electrons. The van der Waals surface area contributed by atoms with Gasteiger partial charge in [0.2, 0.25) is 0 Å². The van der Waals surface area contributed by atoms with Gasteiger partial charge in [-0.3, -0.25) is 14.9 Å². The van der Waals surface area contributed by atoms with E-state index in [9.17, 15) is 14.4 Å². The van der Waals surface area contributed by atoms with Crippen LogP contribution in [0.25, 0.3) is 22.6 Å². The predicted octanol–water partition coefficient (Wildman–Crippen LogP) is 4.15. The van der Waals surface area contributed by atoms with E-state index in [2.05, 4.69) is 10.3 Å². The Morgan fingerprint density at radius 3 is 2.76 bits per heavy atom. The third-order valence-electron chi connectivity index (χ3n) is 5.66. The topological polar surface area (TPSA) is 114 Å². The van der Waals surface area contributed by atoms with Gasteiger partial charge in [-0.25, -0.2) is 9.78 Å². The average Bonchev–Trinajstić information content (AvgIpc) is 3.56. The highest BCUT2D eigenvalue weighted by molar-refractivity contribution is 6.08. The van der Waals surface area contributed by atoms with Crippen LogP contribution in [0.5, 0.6) is 0 Å². The number of allylic oxidation sites excluding steroid dienone is 1. The van der Waals surface area contributed by atoms with Crippen molar-refractivity contribution in [3.8, 4) is 0 Å². The summed E-state index contributed by atoms with van der Waals surface area (Å²) < 4.78 is 10.8. The van der Waals surface area contributed by atoms with Crippen LogP contribution in [0.4, 0.5) is 0 Å². The van der Waals surface area contributed by atoms with E-state index in [1.54, 1.807) is 18.5 Å². The summed E-state index contributed by atoms with van der Waals surface area (Å²) in [5.41, 5.74) is 3.80. The number of benzene rings is 1. The normalized spacial score (nSPS) is 14.1. The molecule has 1 aliphatic rings. The van der Waals surface area contributed by atoms with Crippen LogP contribution in [0.15, 0.2) is 65.4 Å². The molecule has 0 bridgehead atoms. The van der Waals surface area contributed by atoms with Crippen molar-refractivity contribution in [2.24, 2.45) is 0 Å². The Balaban J connectivity index is 1.44. The van der Waals surface area contributed by atoms with Crippen molar-refractivity contribution in [3.05, 3.63) is 89.3 Å². The van der Waals surface area contributed by atoms with Crippen LogP contribution in [0.3, 0.4) is 0 Å². The third kappa shape index (κ3) is 4.25. The van der Waals surface area contributed by atoms with Crippen LogP contribution in [-0.4, -0.2) is 34.4 Å². The van der Waals surface area contributed by atoms with Gasteiger partial charge in [-0.2, -0.15) is 0 Å². The molecule has 2 N–H and O–H groups in total. The minimum atomic E-state index is -0.710. The molecule has 0 unspecified atom stereocenters. The van der Waals surface area contributed by atoms with Crippen LogP contribution in [0.1, 0.15) is 50.7 Å². The summed E-state index contributed by atoms with van der Waals surface area (Å²) in [6.45, 7) is -0.578. The number of rotatable bonds is 5. The predicted molar refractivity (Wildman–Crippen MR) is 125 cm³/mol. The molecule has 3 aromatic heterocycles. The Morgan fingerprint density at radius 1 is 1.09 bits per heavy atom. The maximum atomic E-state index is 13.2. The first-order valence-corrected chi connectivity index (χ1v) is 10.9. The van der Waals surface area contributed by atoms with Gasteiger partial charge in [0.1, 0.15) is 11.5 Å². The van der Waals surface area contributed by atoms with Gasteiger partial charge in [0.05, 0.1) is 23.0 Å². The zero-order chi connectivity index (χ0) is 23.5. The zero-order valence-electron chi connectivity index (χ0n) is 18.2. The van der Waals surface area contributed by atoms with Gasteiger partial charge < -0.3 is 14.1 Å². The molecule has 2 amide bonds. The third-order valence-corrected chi connectivity index (χ3v) is 5.66. The van der Waals surface area contributed by atoms with Gasteiger partial charge in [0, 0.05) is 11.6 Å². The number of carbonyl (C=O) groups excluding carboxylic acids is 3. The molecule has 170 valence electrons. The number of ether oxygens (including phenoxy) is 1. The quantitative estimate of drug-likeness (QED) is 0.437. The fourth-order valence-electron chi connectivity index (χ4n) is 4.16. The summed E-state index contributed by atoms with van der Waals surface area (Å²) >= 11 is 0. The van der Waals surface area contributed by atoms with Crippen LogP contribution < -0.4 is 5.32 Å². The lowest BCUT2D eigenvalue weighted by Crippen LogP contribution is -2.34. The molecule has 0 saturated carbocycles. The number of aromatic amines is 1. The molecular formula is C26H21N3O5. The molecule has 0 atom stereocenters. The van der Waals surface area contributed by atoms with E-state index in [4.69, 9.17) is 14.1 Å². The fourth-order valence-corrected chi connectivity index (χ4v) is 4.16. The van der Waals surface area contributed by atoms with Crippen LogP contribution in [0.2, 0.25) is 0 Å². The van der Waals surface area contributed by atoms with Crippen LogP contribution in [0, 0.1) is 0 Å². The van der Waals surface area contributed by atoms with E-state index in [1.165, 1.54) is 6.07 Å². The SMILES string of the molecule is O=C(COC(=O)c1c2c(nc3ccccc13)C(=Cc1ccco1)CCC2)NC(=O)c1ccc[nH]1. The fraction of sp³-hybridized carbons (Fsp3) is 0.154. The second-order valence-corrected chi connectivity index (χ2v) is 7.91. The number of aromatic nitrogens is 2. The van der Waals surface area contributed by atoms with E-state index in [0.717, 1.165) is 29.7 Å². The number of imide groups is 1. The first-order valence-electron chi connectivity index (χ1n) is 10.9. The number of carbonyl (C=O) groups is 3. The van der Waals surface area contributed by atoms with Gasteiger partial charge in [-0.05, 0) is 66.8 Å². The largest absolute Gasteiger partial charge is 0.465 e. The summed E-state index contributed by atoms with van der Waals surface area (Å²) in [7, 11) is 0. The lowest BCUT2D eigenvalue weighted by molar-refractivity contribution is -0.123. The van der Waals surface area contributed by atoms with Crippen molar-refractivity contribution >= 4 is 40.3 Å². The Kier molecular flexibility index (Phi) is 5.78. The molecule has 8 nitrogen and oxygen atoms in total. The van der Waals surface area contributed by atoms with Gasteiger partial charge in [0.15, 0.2) is 6.61 Å². The lowest BCUT2D eigenvalue weighted by atomic mass is 9.86. The number of para-hydroxylation sites is 1. The van der Waals surface area contributed by atoms with Crippen molar-refractivity contribution in [2.45, 2.75) is 19.3 Å². The van der Waals surface area contributed by atoms with E-state index >= 15 is 0 Å². The molecule has 0 saturated heterocycles. The molecule has 1 aromatic carbocycles. The highest BCUT2D eigenvalue weighted by atomic mass is 16.5. The van der Waals surface area contributed by atoms with Gasteiger partial charge in [-0.1, -0.05) is 18.2 Å². The summed E-state index contributed by atoms with van der Waals surface area (Å²) in [4.78, 5) is 45.0.